The van der Waals surface area contributed by atoms with Crippen LogP contribution in [0.15, 0.2) is 42.5 Å². The number of hydrogen-bond donors (Lipinski definition) is 2. The maximum atomic E-state index is 12.5. The fourth-order valence-corrected chi connectivity index (χ4v) is 2.70. The molecule has 6 nitrogen and oxygen atoms in total. The van der Waals surface area contributed by atoms with Crippen LogP contribution >= 0.6 is 0 Å². The van der Waals surface area contributed by atoms with E-state index in [1.165, 1.54) is 0 Å². The molecule has 27 heavy (non-hydrogen) atoms. The van der Waals surface area contributed by atoms with E-state index < -0.39 is 6.04 Å². The molecule has 0 saturated carbocycles. The Balaban J connectivity index is 1.94. The van der Waals surface area contributed by atoms with Gasteiger partial charge in [-0.2, -0.15) is 0 Å². The van der Waals surface area contributed by atoms with Crippen molar-refractivity contribution in [1.82, 2.24) is 4.90 Å². The van der Waals surface area contributed by atoms with Crippen molar-refractivity contribution in [1.29, 1.82) is 0 Å². The summed E-state index contributed by atoms with van der Waals surface area (Å²) in [5, 5.41) is 5.79. The van der Waals surface area contributed by atoms with E-state index in [0.29, 0.717) is 11.4 Å². The largest absolute Gasteiger partial charge is 0.497 e. The highest BCUT2D eigenvalue weighted by Crippen LogP contribution is 2.20. The highest BCUT2D eigenvalue weighted by atomic mass is 16.5. The Labute approximate surface area is 160 Å². The van der Waals surface area contributed by atoms with Gasteiger partial charge in [0.2, 0.25) is 11.8 Å². The summed E-state index contributed by atoms with van der Waals surface area (Å²) in [6, 6.07) is 12.5. The van der Waals surface area contributed by atoms with Crippen LogP contribution in [0.4, 0.5) is 11.4 Å². The van der Waals surface area contributed by atoms with Crippen LogP contribution in [0.2, 0.25) is 0 Å². The number of carbonyl (C=O) groups is 2. The molecule has 2 aromatic carbocycles. The number of nitrogens with one attached hydrogen (secondary N) is 2. The Morgan fingerprint density at radius 2 is 1.70 bits per heavy atom. The Morgan fingerprint density at radius 1 is 1.07 bits per heavy atom. The smallest absolute Gasteiger partial charge is 0.241 e. The molecule has 0 aliphatic heterocycles. The molecule has 0 unspecified atom stereocenters. The van der Waals surface area contributed by atoms with Crippen LogP contribution in [0.5, 0.6) is 5.75 Å². The van der Waals surface area contributed by atoms with E-state index in [-0.39, 0.29) is 18.4 Å². The number of ether oxygens (including phenoxy) is 1. The standard InChI is InChI=1S/C21H27N3O3/c1-14-8-6-9-15(2)20(14)23-19(25)13-24(4)16(3)21(26)22-17-10-7-11-18(12-17)27-5/h6-12,16H,13H2,1-5H3,(H,22,26)(H,23,25)/t16-/m0/s1. The average Bonchev–Trinajstić information content (AvgIpc) is 2.64. The first kappa shape index (κ1) is 20.5. The van der Waals surface area contributed by atoms with Crippen molar-refractivity contribution >= 4 is 23.2 Å². The summed E-state index contributed by atoms with van der Waals surface area (Å²) in [5.41, 5.74) is 3.49. The lowest BCUT2D eigenvalue weighted by atomic mass is 10.1. The minimum atomic E-state index is -0.472. The summed E-state index contributed by atoms with van der Waals surface area (Å²) in [4.78, 5) is 26.6. The maximum absolute atomic E-state index is 12.5. The summed E-state index contributed by atoms with van der Waals surface area (Å²) in [6.07, 6.45) is 0. The third-order valence-corrected chi connectivity index (χ3v) is 4.52. The molecular weight excluding hydrogens is 342 g/mol. The zero-order valence-electron chi connectivity index (χ0n) is 16.5. The highest BCUT2D eigenvalue weighted by Gasteiger charge is 2.21. The molecule has 0 radical (unpaired) electrons. The first-order valence-electron chi connectivity index (χ1n) is 8.83. The van der Waals surface area contributed by atoms with Gasteiger partial charge in [-0.05, 0) is 51.1 Å². The molecule has 0 aromatic heterocycles. The molecule has 0 heterocycles. The van der Waals surface area contributed by atoms with Gasteiger partial charge in [0.25, 0.3) is 0 Å². The van der Waals surface area contributed by atoms with Gasteiger partial charge in [0.05, 0.1) is 19.7 Å². The van der Waals surface area contributed by atoms with Gasteiger partial charge in [-0.25, -0.2) is 0 Å². The lowest BCUT2D eigenvalue weighted by molar-refractivity contribution is -0.122. The van der Waals surface area contributed by atoms with Crippen LogP contribution < -0.4 is 15.4 Å². The van der Waals surface area contributed by atoms with Gasteiger partial charge in [-0.1, -0.05) is 24.3 Å². The monoisotopic (exact) mass is 369 g/mol. The zero-order chi connectivity index (χ0) is 20.0. The number of nitrogens with zero attached hydrogens (tertiary/aromatic N) is 1. The number of hydrogen-bond acceptors (Lipinski definition) is 4. The maximum Gasteiger partial charge on any atom is 0.241 e. The molecule has 0 spiro atoms. The number of likely N-dealkylation sites (N-methyl/N-ethyl adjacent to an activating group) is 1. The van der Waals surface area contributed by atoms with Gasteiger partial charge < -0.3 is 15.4 Å². The lowest BCUT2D eigenvalue weighted by Crippen LogP contribution is -2.43. The number of rotatable bonds is 7. The van der Waals surface area contributed by atoms with Crippen molar-refractivity contribution in [3.05, 3.63) is 53.6 Å². The fourth-order valence-electron chi connectivity index (χ4n) is 2.70. The van der Waals surface area contributed by atoms with Gasteiger partial charge in [0.15, 0.2) is 0 Å². The van der Waals surface area contributed by atoms with Crippen LogP contribution in [0.1, 0.15) is 18.1 Å². The number of benzene rings is 2. The van der Waals surface area contributed by atoms with Crippen molar-refractivity contribution in [2.24, 2.45) is 0 Å². The Morgan fingerprint density at radius 3 is 2.33 bits per heavy atom. The van der Waals surface area contributed by atoms with E-state index in [1.54, 1.807) is 44.2 Å². The van der Waals surface area contributed by atoms with Crippen molar-refractivity contribution in [2.75, 3.05) is 31.3 Å². The number of para-hydroxylation sites is 1. The van der Waals surface area contributed by atoms with Crippen LogP contribution in [0.3, 0.4) is 0 Å². The third kappa shape index (κ3) is 5.56. The topological polar surface area (TPSA) is 70.7 Å². The second kappa shape index (κ2) is 9.19. The van der Waals surface area contributed by atoms with E-state index in [2.05, 4.69) is 10.6 Å². The fraction of sp³-hybridized carbons (Fsp3) is 0.333. The molecule has 1 atom stereocenters. The summed E-state index contributed by atoms with van der Waals surface area (Å²) in [7, 11) is 3.33. The molecule has 0 bridgehead atoms. The second-order valence-electron chi connectivity index (χ2n) is 6.63. The number of methoxy groups -OCH3 is 1. The molecule has 144 valence electrons. The van der Waals surface area contributed by atoms with E-state index in [0.717, 1.165) is 16.8 Å². The van der Waals surface area contributed by atoms with Crippen molar-refractivity contribution in [2.45, 2.75) is 26.8 Å². The molecule has 0 aliphatic carbocycles. The molecule has 2 amide bonds. The molecular formula is C21H27N3O3. The first-order valence-corrected chi connectivity index (χ1v) is 8.83. The summed E-state index contributed by atoms with van der Waals surface area (Å²) in [6.45, 7) is 5.79. The van der Waals surface area contributed by atoms with Gasteiger partial charge in [0, 0.05) is 17.4 Å². The van der Waals surface area contributed by atoms with E-state index >= 15 is 0 Å². The van der Waals surface area contributed by atoms with Crippen LogP contribution in [-0.4, -0.2) is 43.5 Å². The molecule has 0 fully saturated rings. The summed E-state index contributed by atoms with van der Waals surface area (Å²) < 4.78 is 5.16. The molecule has 2 rings (SSSR count). The van der Waals surface area contributed by atoms with E-state index in [9.17, 15) is 9.59 Å². The Bertz CT molecular complexity index is 800. The normalized spacial score (nSPS) is 11.8. The van der Waals surface area contributed by atoms with E-state index in [4.69, 9.17) is 4.74 Å². The van der Waals surface area contributed by atoms with Gasteiger partial charge in [0.1, 0.15) is 5.75 Å². The number of carbonyl (C=O) groups excluding carboxylic acids is 2. The molecule has 2 aromatic rings. The average molecular weight is 369 g/mol. The van der Waals surface area contributed by atoms with Crippen LogP contribution in [0, 0.1) is 13.8 Å². The SMILES string of the molecule is COc1cccc(NC(=O)[C@H](C)N(C)CC(=O)Nc2c(C)cccc2C)c1. The van der Waals surface area contributed by atoms with Gasteiger partial charge >= 0.3 is 0 Å². The number of aryl methyl sites for hydroxylation is 2. The Kier molecular flexibility index (Phi) is 6.96. The van der Waals surface area contributed by atoms with Crippen molar-refractivity contribution in [3.63, 3.8) is 0 Å². The zero-order valence-corrected chi connectivity index (χ0v) is 16.5. The third-order valence-electron chi connectivity index (χ3n) is 4.52. The quantitative estimate of drug-likeness (QED) is 0.786. The second-order valence-corrected chi connectivity index (χ2v) is 6.63. The predicted octanol–water partition coefficient (Wildman–Crippen LogP) is 3.21. The predicted molar refractivity (Wildman–Crippen MR) is 108 cm³/mol. The van der Waals surface area contributed by atoms with E-state index in [1.807, 2.05) is 38.1 Å². The number of amides is 2. The number of anilines is 2. The van der Waals surface area contributed by atoms with Crippen molar-refractivity contribution < 1.29 is 14.3 Å². The minimum absolute atomic E-state index is 0.112. The summed E-state index contributed by atoms with van der Waals surface area (Å²) >= 11 is 0. The molecule has 2 N–H and O–H groups in total. The summed E-state index contributed by atoms with van der Waals surface area (Å²) in [5.74, 6) is 0.323. The molecule has 0 aliphatic rings. The molecule has 6 heteroatoms. The van der Waals surface area contributed by atoms with Gasteiger partial charge in [-0.15, -0.1) is 0 Å². The van der Waals surface area contributed by atoms with Crippen LogP contribution in [0.25, 0.3) is 0 Å². The lowest BCUT2D eigenvalue weighted by Gasteiger charge is -2.23. The van der Waals surface area contributed by atoms with Crippen LogP contribution in [-0.2, 0) is 9.59 Å². The van der Waals surface area contributed by atoms with Crippen molar-refractivity contribution in [3.8, 4) is 5.75 Å². The van der Waals surface area contributed by atoms with Gasteiger partial charge in [-0.3, -0.25) is 14.5 Å². The molecule has 0 saturated heterocycles. The Hall–Kier alpha value is -2.86. The highest BCUT2D eigenvalue weighted by molar-refractivity contribution is 5.96. The first-order chi connectivity index (χ1) is 12.8. The minimum Gasteiger partial charge on any atom is -0.497 e.